The van der Waals surface area contributed by atoms with Gasteiger partial charge in [0.05, 0.1) is 0 Å². The molecule has 0 radical (unpaired) electrons. The van der Waals surface area contributed by atoms with Crippen molar-refractivity contribution in [2.45, 2.75) is 0 Å². The zero-order valence-electron chi connectivity index (χ0n) is 5.33. The summed E-state index contributed by atoms with van der Waals surface area (Å²) in [4.78, 5) is 9.75. The summed E-state index contributed by atoms with van der Waals surface area (Å²) in [6, 6.07) is -1.03. The number of hydrogen-bond acceptors (Lipinski definition) is 4. The first-order valence-corrected chi connectivity index (χ1v) is 3.46. The SMILES string of the molecule is NC(=O)NCS(=O)(=O)[O-].[Na+]. The molecule has 0 saturated carbocycles. The van der Waals surface area contributed by atoms with Crippen LogP contribution in [0.3, 0.4) is 0 Å². The molecular weight excluding hydrogens is 171 g/mol. The number of primary amides is 1. The van der Waals surface area contributed by atoms with E-state index < -0.39 is 22.0 Å². The quantitative estimate of drug-likeness (QED) is 0.324. The van der Waals surface area contributed by atoms with Crippen molar-refractivity contribution in [3.63, 3.8) is 0 Å². The first-order chi connectivity index (χ1) is 3.92. The zero-order valence-corrected chi connectivity index (χ0v) is 8.14. The van der Waals surface area contributed by atoms with Crippen LogP contribution in [-0.4, -0.2) is 24.9 Å². The summed E-state index contributed by atoms with van der Waals surface area (Å²) in [6.45, 7) is 0. The van der Waals surface area contributed by atoms with Gasteiger partial charge in [-0.1, -0.05) is 0 Å². The largest absolute Gasteiger partial charge is 1.00 e. The maximum Gasteiger partial charge on any atom is 1.00 e. The molecule has 6 nitrogen and oxygen atoms in total. The van der Waals surface area contributed by atoms with Gasteiger partial charge in [0.15, 0.2) is 0 Å². The van der Waals surface area contributed by atoms with Gasteiger partial charge in [0.25, 0.3) is 0 Å². The van der Waals surface area contributed by atoms with E-state index in [0.717, 1.165) is 0 Å². The minimum Gasteiger partial charge on any atom is -0.747 e. The Hall–Kier alpha value is 0.180. The first kappa shape index (κ1) is 12.8. The Balaban J connectivity index is 0. The summed E-state index contributed by atoms with van der Waals surface area (Å²) in [5.74, 6) is -0.956. The number of amides is 2. The van der Waals surface area contributed by atoms with Crippen LogP contribution in [0.5, 0.6) is 0 Å². The van der Waals surface area contributed by atoms with E-state index in [1.54, 1.807) is 5.32 Å². The second-order valence-electron chi connectivity index (χ2n) is 1.24. The molecular formula is C2H5N2NaO4S. The third-order valence-electron chi connectivity index (χ3n) is 0.423. The molecule has 54 valence electrons. The van der Waals surface area contributed by atoms with E-state index in [1.807, 2.05) is 0 Å². The number of nitrogens with two attached hydrogens (primary N) is 1. The van der Waals surface area contributed by atoms with Crippen molar-refractivity contribution in [3.8, 4) is 0 Å². The average Bonchev–Trinajstić information content (AvgIpc) is 1.59. The van der Waals surface area contributed by atoms with Crippen molar-refractivity contribution in [2.24, 2.45) is 5.73 Å². The maximum absolute atomic E-state index is 9.75. The Kier molecular flexibility index (Phi) is 6.30. The minimum atomic E-state index is -4.38. The monoisotopic (exact) mass is 176 g/mol. The van der Waals surface area contributed by atoms with Gasteiger partial charge in [-0.2, -0.15) is 0 Å². The fourth-order valence-electron chi connectivity index (χ4n) is 0.160. The van der Waals surface area contributed by atoms with Gasteiger partial charge in [0.1, 0.15) is 16.0 Å². The smallest absolute Gasteiger partial charge is 0.747 e. The summed E-state index contributed by atoms with van der Waals surface area (Å²) in [5, 5.41) is 1.62. The van der Waals surface area contributed by atoms with E-state index in [0.29, 0.717) is 0 Å². The molecule has 0 rings (SSSR count). The molecule has 0 unspecified atom stereocenters. The number of nitrogens with one attached hydrogen (secondary N) is 1. The molecule has 0 atom stereocenters. The van der Waals surface area contributed by atoms with Crippen molar-refractivity contribution in [1.29, 1.82) is 0 Å². The van der Waals surface area contributed by atoms with Gasteiger partial charge >= 0.3 is 35.6 Å². The number of urea groups is 1. The van der Waals surface area contributed by atoms with Crippen molar-refractivity contribution in [1.82, 2.24) is 5.32 Å². The molecule has 0 heterocycles. The van der Waals surface area contributed by atoms with Gasteiger partial charge in [-0.25, -0.2) is 13.2 Å². The van der Waals surface area contributed by atoms with Gasteiger partial charge in [0, 0.05) is 0 Å². The first-order valence-electron chi connectivity index (χ1n) is 1.89. The van der Waals surface area contributed by atoms with Crippen LogP contribution in [0.1, 0.15) is 0 Å². The number of hydrogen-bond donors (Lipinski definition) is 2. The summed E-state index contributed by atoms with van der Waals surface area (Å²) in [6.07, 6.45) is 0. The summed E-state index contributed by atoms with van der Waals surface area (Å²) in [7, 11) is -4.38. The zero-order chi connectivity index (χ0) is 7.49. The molecule has 3 N–H and O–H groups in total. The number of carbonyl (C=O) groups excluding carboxylic acids is 1. The van der Waals surface area contributed by atoms with E-state index in [9.17, 15) is 17.8 Å². The number of rotatable bonds is 2. The van der Waals surface area contributed by atoms with Crippen LogP contribution in [-0.2, 0) is 10.1 Å². The van der Waals surface area contributed by atoms with Crippen LogP contribution in [0.2, 0.25) is 0 Å². The fraction of sp³-hybridized carbons (Fsp3) is 0.500. The van der Waals surface area contributed by atoms with Gasteiger partial charge in [-0.15, -0.1) is 0 Å². The molecule has 0 bridgehead atoms. The minimum absolute atomic E-state index is 0. The normalized spacial score (nSPS) is 9.70. The van der Waals surface area contributed by atoms with Crippen molar-refractivity contribution < 1.29 is 47.3 Å². The molecule has 0 aromatic heterocycles. The number of carbonyl (C=O) groups is 1. The van der Waals surface area contributed by atoms with Crippen LogP contribution in [0.4, 0.5) is 4.79 Å². The Morgan fingerprint density at radius 3 is 2.10 bits per heavy atom. The molecule has 0 aromatic rings. The van der Waals surface area contributed by atoms with E-state index in [1.165, 1.54) is 0 Å². The molecule has 2 amide bonds. The van der Waals surface area contributed by atoms with E-state index >= 15 is 0 Å². The van der Waals surface area contributed by atoms with Crippen LogP contribution in [0.15, 0.2) is 0 Å². The third kappa shape index (κ3) is 11.0. The predicted molar refractivity (Wildman–Crippen MR) is 27.3 cm³/mol. The Morgan fingerprint density at radius 2 is 2.00 bits per heavy atom. The molecule has 0 fully saturated rings. The topological polar surface area (TPSA) is 112 Å². The molecule has 0 aliphatic rings. The molecule has 0 aliphatic heterocycles. The molecule has 0 spiro atoms. The molecule has 10 heavy (non-hydrogen) atoms. The second kappa shape index (κ2) is 4.91. The van der Waals surface area contributed by atoms with E-state index in [4.69, 9.17) is 0 Å². The van der Waals surface area contributed by atoms with Gasteiger partial charge in [-0.3, -0.25) is 0 Å². The third-order valence-corrected chi connectivity index (χ3v) is 0.921. The molecule has 0 aliphatic carbocycles. The average molecular weight is 176 g/mol. The van der Waals surface area contributed by atoms with Gasteiger partial charge < -0.3 is 15.6 Å². The summed E-state index contributed by atoms with van der Waals surface area (Å²) < 4.78 is 29.1. The molecule has 0 aromatic carbocycles. The van der Waals surface area contributed by atoms with Crippen molar-refractivity contribution >= 4 is 16.1 Å². The van der Waals surface area contributed by atoms with E-state index in [2.05, 4.69) is 5.73 Å². The van der Waals surface area contributed by atoms with Gasteiger partial charge in [-0.05, 0) is 0 Å². The predicted octanol–water partition coefficient (Wildman–Crippen LogP) is -4.84. The second-order valence-corrected chi connectivity index (χ2v) is 2.65. The standard InChI is InChI=1S/C2H6N2O4S.Na/c3-2(5)4-1-9(6,7)8;/h1H2,(H3,3,4,5)(H,6,7,8);/q;+1/p-1. The molecule has 0 saturated heterocycles. The van der Waals surface area contributed by atoms with Crippen molar-refractivity contribution in [2.75, 3.05) is 5.88 Å². The van der Waals surface area contributed by atoms with Crippen LogP contribution in [0, 0.1) is 0 Å². The van der Waals surface area contributed by atoms with Crippen LogP contribution >= 0.6 is 0 Å². The summed E-state index contributed by atoms with van der Waals surface area (Å²) in [5.41, 5.74) is 4.45. The Labute approximate surface area is 80.2 Å². The van der Waals surface area contributed by atoms with E-state index in [-0.39, 0.29) is 29.6 Å². The van der Waals surface area contributed by atoms with Crippen LogP contribution in [0.25, 0.3) is 0 Å². The molecule has 8 heteroatoms. The fourth-order valence-corrected chi connectivity index (χ4v) is 0.479. The van der Waals surface area contributed by atoms with Gasteiger partial charge in [0.2, 0.25) is 0 Å². The maximum atomic E-state index is 9.75. The van der Waals surface area contributed by atoms with Crippen molar-refractivity contribution in [3.05, 3.63) is 0 Å². The Bertz CT molecular complexity index is 199. The summed E-state index contributed by atoms with van der Waals surface area (Å²) >= 11 is 0. The van der Waals surface area contributed by atoms with Crippen LogP contribution < -0.4 is 40.6 Å². The Morgan fingerprint density at radius 1 is 1.60 bits per heavy atom.